The fraction of sp³-hybridized carbons (Fsp3) is 0.263. The molecule has 0 saturated carbocycles. The SMILES string of the molecule is N#CCc1ccc(OC(=O)COc2ccc3c(c2)CCC3)cc1. The van der Waals surface area contributed by atoms with Gasteiger partial charge in [0, 0.05) is 0 Å². The first-order valence-electron chi connectivity index (χ1n) is 7.66. The molecular formula is C19H17NO3. The van der Waals surface area contributed by atoms with Crippen molar-refractivity contribution in [2.45, 2.75) is 25.7 Å². The molecule has 2 aromatic rings. The maximum Gasteiger partial charge on any atom is 0.349 e. The average molecular weight is 307 g/mol. The van der Waals surface area contributed by atoms with Gasteiger partial charge in [-0.25, -0.2) is 4.79 Å². The number of aryl methyl sites for hydroxylation is 2. The normalized spacial score (nSPS) is 12.3. The van der Waals surface area contributed by atoms with Crippen molar-refractivity contribution in [2.24, 2.45) is 0 Å². The molecule has 2 aromatic carbocycles. The second-order valence-corrected chi connectivity index (χ2v) is 5.53. The lowest BCUT2D eigenvalue weighted by Gasteiger charge is -2.08. The quantitative estimate of drug-likeness (QED) is 0.628. The van der Waals surface area contributed by atoms with Gasteiger partial charge >= 0.3 is 5.97 Å². The van der Waals surface area contributed by atoms with Gasteiger partial charge in [0.05, 0.1) is 12.5 Å². The van der Waals surface area contributed by atoms with Gasteiger partial charge in [-0.2, -0.15) is 5.26 Å². The van der Waals surface area contributed by atoms with Crippen LogP contribution in [0.15, 0.2) is 42.5 Å². The van der Waals surface area contributed by atoms with E-state index in [1.54, 1.807) is 24.3 Å². The summed E-state index contributed by atoms with van der Waals surface area (Å²) in [5.74, 6) is 0.708. The minimum atomic E-state index is -0.446. The van der Waals surface area contributed by atoms with E-state index in [2.05, 4.69) is 12.1 Å². The Labute approximate surface area is 135 Å². The third-order valence-electron chi connectivity index (χ3n) is 3.86. The van der Waals surface area contributed by atoms with Gasteiger partial charge in [-0.1, -0.05) is 18.2 Å². The van der Waals surface area contributed by atoms with E-state index in [-0.39, 0.29) is 6.61 Å². The molecule has 0 aliphatic heterocycles. The zero-order chi connectivity index (χ0) is 16.1. The summed E-state index contributed by atoms with van der Waals surface area (Å²) in [5, 5.41) is 8.62. The second kappa shape index (κ2) is 6.97. The van der Waals surface area contributed by atoms with Crippen molar-refractivity contribution in [3.8, 4) is 17.6 Å². The molecule has 0 heterocycles. The van der Waals surface area contributed by atoms with E-state index in [4.69, 9.17) is 14.7 Å². The topological polar surface area (TPSA) is 59.3 Å². The molecular weight excluding hydrogens is 290 g/mol. The molecule has 4 nitrogen and oxygen atoms in total. The Morgan fingerprint density at radius 1 is 1.04 bits per heavy atom. The van der Waals surface area contributed by atoms with Crippen LogP contribution in [0.4, 0.5) is 0 Å². The molecule has 0 saturated heterocycles. The lowest BCUT2D eigenvalue weighted by atomic mass is 10.1. The van der Waals surface area contributed by atoms with Crippen molar-refractivity contribution in [1.82, 2.24) is 0 Å². The van der Waals surface area contributed by atoms with Gasteiger partial charge < -0.3 is 9.47 Å². The van der Waals surface area contributed by atoms with Crippen molar-refractivity contribution in [1.29, 1.82) is 5.26 Å². The molecule has 0 atom stereocenters. The number of hydrogen-bond donors (Lipinski definition) is 0. The highest BCUT2D eigenvalue weighted by atomic mass is 16.6. The van der Waals surface area contributed by atoms with Crippen molar-refractivity contribution in [3.63, 3.8) is 0 Å². The zero-order valence-electron chi connectivity index (χ0n) is 12.7. The Bertz CT molecular complexity index is 744. The Morgan fingerprint density at radius 2 is 1.78 bits per heavy atom. The predicted molar refractivity (Wildman–Crippen MR) is 85.4 cm³/mol. The Balaban J connectivity index is 1.52. The van der Waals surface area contributed by atoms with Crippen LogP contribution < -0.4 is 9.47 Å². The summed E-state index contributed by atoms with van der Waals surface area (Å²) in [6.07, 6.45) is 3.73. The standard InChI is InChI=1S/C19H17NO3/c20-11-10-14-4-7-17(8-5-14)23-19(21)13-22-18-9-6-15-2-1-3-16(15)12-18/h4-9,12H,1-3,10,13H2. The first kappa shape index (κ1) is 15.1. The number of rotatable bonds is 5. The minimum absolute atomic E-state index is 0.126. The van der Waals surface area contributed by atoms with Gasteiger partial charge in [0.25, 0.3) is 0 Å². The zero-order valence-corrected chi connectivity index (χ0v) is 12.7. The monoisotopic (exact) mass is 307 g/mol. The number of fused-ring (bicyclic) bond motifs is 1. The van der Waals surface area contributed by atoms with Gasteiger partial charge in [0.15, 0.2) is 6.61 Å². The van der Waals surface area contributed by atoms with Gasteiger partial charge in [0.2, 0.25) is 0 Å². The molecule has 3 rings (SSSR count). The number of ether oxygens (including phenoxy) is 2. The van der Waals surface area contributed by atoms with Crippen LogP contribution in [0.5, 0.6) is 11.5 Å². The van der Waals surface area contributed by atoms with Gasteiger partial charge in [0.1, 0.15) is 11.5 Å². The van der Waals surface area contributed by atoms with Gasteiger partial charge in [-0.15, -0.1) is 0 Å². The highest BCUT2D eigenvalue weighted by Gasteiger charge is 2.12. The molecule has 23 heavy (non-hydrogen) atoms. The van der Waals surface area contributed by atoms with Gasteiger partial charge in [-0.05, 0) is 60.2 Å². The van der Waals surface area contributed by atoms with Crippen LogP contribution in [0, 0.1) is 11.3 Å². The highest BCUT2D eigenvalue weighted by molar-refractivity contribution is 5.74. The molecule has 4 heteroatoms. The third kappa shape index (κ3) is 3.89. The second-order valence-electron chi connectivity index (χ2n) is 5.53. The summed E-state index contributed by atoms with van der Waals surface area (Å²) in [7, 11) is 0. The molecule has 0 spiro atoms. The van der Waals surface area contributed by atoms with Crippen LogP contribution >= 0.6 is 0 Å². The van der Waals surface area contributed by atoms with Crippen molar-refractivity contribution in [3.05, 3.63) is 59.2 Å². The molecule has 0 N–H and O–H groups in total. The summed E-state index contributed by atoms with van der Waals surface area (Å²) in [4.78, 5) is 11.8. The first-order chi connectivity index (χ1) is 11.2. The lowest BCUT2D eigenvalue weighted by molar-refractivity contribution is -0.136. The van der Waals surface area contributed by atoms with E-state index < -0.39 is 5.97 Å². The van der Waals surface area contributed by atoms with Crippen molar-refractivity contribution in [2.75, 3.05) is 6.61 Å². The fourth-order valence-corrected chi connectivity index (χ4v) is 2.71. The van der Waals surface area contributed by atoms with Crippen LogP contribution in [-0.2, 0) is 24.1 Å². The lowest BCUT2D eigenvalue weighted by Crippen LogP contribution is -2.17. The van der Waals surface area contributed by atoms with E-state index in [0.717, 1.165) is 18.4 Å². The van der Waals surface area contributed by atoms with Crippen LogP contribution in [0.3, 0.4) is 0 Å². The van der Waals surface area contributed by atoms with Crippen LogP contribution in [0.25, 0.3) is 0 Å². The summed E-state index contributed by atoms with van der Waals surface area (Å²) < 4.78 is 10.7. The fourth-order valence-electron chi connectivity index (χ4n) is 2.71. The molecule has 0 fully saturated rings. The molecule has 0 unspecified atom stereocenters. The number of carbonyl (C=O) groups excluding carboxylic acids is 1. The third-order valence-corrected chi connectivity index (χ3v) is 3.86. The molecule has 1 aliphatic rings. The number of nitriles is 1. The Morgan fingerprint density at radius 3 is 2.57 bits per heavy atom. The number of hydrogen-bond acceptors (Lipinski definition) is 4. The van der Waals surface area contributed by atoms with E-state index in [9.17, 15) is 4.79 Å². The number of carbonyl (C=O) groups is 1. The number of benzene rings is 2. The van der Waals surface area contributed by atoms with E-state index >= 15 is 0 Å². The molecule has 1 aliphatic carbocycles. The van der Waals surface area contributed by atoms with Gasteiger partial charge in [-0.3, -0.25) is 0 Å². The van der Waals surface area contributed by atoms with E-state index in [0.29, 0.717) is 17.9 Å². The first-order valence-corrected chi connectivity index (χ1v) is 7.66. The number of nitrogens with zero attached hydrogens (tertiary/aromatic N) is 1. The molecule has 0 bridgehead atoms. The summed E-state index contributed by atoms with van der Waals surface area (Å²) in [5.41, 5.74) is 3.57. The number of esters is 1. The summed E-state index contributed by atoms with van der Waals surface area (Å²) >= 11 is 0. The van der Waals surface area contributed by atoms with E-state index in [1.807, 2.05) is 12.1 Å². The van der Waals surface area contributed by atoms with Crippen LogP contribution in [-0.4, -0.2) is 12.6 Å². The summed E-state index contributed by atoms with van der Waals surface area (Å²) in [6.45, 7) is -0.126. The Kier molecular flexibility index (Phi) is 4.58. The largest absolute Gasteiger partial charge is 0.482 e. The Hall–Kier alpha value is -2.80. The predicted octanol–water partition coefficient (Wildman–Crippen LogP) is 3.23. The highest BCUT2D eigenvalue weighted by Crippen LogP contribution is 2.26. The minimum Gasteiger partial charge on any atom is -0.482 e. The van der Waals surface area contributed by atoms with Crippen LogP contribution in [0.2, 0.25) is 0 Å². The van der Waals surface area contributed by atoms with E-state index in [1.165, 1.54) is 17.5 Å². The molecule has 0 aromatic heterocycles. The smallest absolute Gasteiger partial charge is 0.349 e. The molecule has 116 valence electrons. The summed E-state index contributed by atoms with van der Waals surface area (Å²) in [6, 6.07) is 14.9. The van der Waals surface area contributed by atoms with Crippen molar-refractivity contribution < 1.29 is 14.3 Å². The van der Waals surface area contributed by atoms with Crippen LogP contribution in [0.1, 0.15) is 23.1 Å². The average Bonchev–Trinajstić information content (AvgIpc) is 3.03. The maximum atomic E-state index is 11.8. The molecule has 0 amide bonds. The molecule has 0 radical (unpaired) electrons. The van der Waals surface area contributed by atoms with Crippen molar-refractivity contribution >= 4 is 5.97 Å². The maximum absolute atomic E-state index is 11.8.